The third kappa shape index (κ3) is 2.42. The van der Waals surface area contributed by atoms with E-state index in [2.05, 4.69) is 36.2 Å². The van der Waals surface area contributed by atoms with Gasteiger partial charge in [-0.15, -0.1) is 12.4 Å². The first-order chi connectivity index (χ1) is 9.72. The highest BCUT2D eigenvalue weighted by Crippen LogP contribution is 2.49. The SMILES string of the molecule is CN1CC2c3ccccc3Oc3ccc(Cl)cc3[C@H]2C1.Cl. The van der Waals surface area contributed by atoms with Gasteiger partial charge in [0.2, 0.25) is 0 Å². The molecule has 1 unspecified atom stereocenters. The molecule has 110 valence electrons. The Morgan fingerprint density at radius 2 is 1.67 bits per heavy atom. The Morgan fingerprint density at radius 1 is 1.00 bits per heavy atom. The van der Waals surface area contributed by atoms with Crippen LogP contribution in [0.5, 0.6) is 11.5 Å². The number of para-hydroxylation sites is 1. The normalized spacial score (nSPS) is 23.1. The van der Waals surface area contributed by atoms with E-state index in [9.17, 15) is 0 Å². The smallest absolute Gasteiger partial charge is 0.131 e. The summed E-state index contributed by atoms with van der Waals surface area (Å²) >= 11 is 6.20. The van der Waals surface area contributed by atoms with Crippen LogP contribution >= 0.6 is 24.0 Å². The quantitative estimate of drug-likeness (QED) is 0.698. The molecule has 21 heavy (non-hydrogen) atoms. The van der Waals surface area contributed by atoms with Gasteiger partial charge >= 0.3 is 0 Å². The summed E-state index contributed by atoms with van der Waals surface area (Å²) in [4.78, 5) is 2.39. The van der Waals surface area contributed by atoms with Crippen LogP contribution in [0.15, 0.2) is 42.5 Å². The predicted octanol–water partition coefficient (Wildman–Crippen LogP) is 4.68. The van der Waals surface area contributed by atoms with Crippen LogP contribution in [0.2, 0.25) is 5.02 Å². The summed E-state index contributed by atoms with van der Waals surface area (Å²) in [5.41, 5.74) is 2.55. The van der Waals surface area contributed by atoms with E-state index < -0.39 is 0 Å². The topological polar surface area (TPSA) is 12.5 Å². The first-order valence-corrected chi connectivity index (χ1v) is 7.35. The van der Waals surface area contributed by atoms with E-state index in [1.165, 1.54) is 11.1 Å². The van der Waals surface area contributed by atoms with Gasteiger partial charge in [0.05, 0.1) is 0 Å². The van der Waals surface area contributed by atoms with Crippen molar-refractivity contribution in [2.75, 3.05) is 20.1 Å². The van der Waals surface area contributed by atoms with Crippen molar-refractivity contribution in [1.82, 2.24) is 4.90 Å². The molecular weight excluding hydrogens is 305 g/mol. The molecule has 0 saturated carbocycles. The highest BCUT2D eigenvalue weighted by Gasteiger charge is 2.38. The second kappa shape index (κ2) is 5.53. The lowest BCUT2D eigenvalue weighted by Crippen LogP contribution is -2.14. The molecule has 0 N–H and O–H groups in total. The number of fused-ring (bicyclic) bond motifs is 5. The van der Waals surface area contributed by atoms with Gasteiger partial charge in [-0.05, 0) is 36.9 Å². The molecule has 2 aliphatic rings. The van der Waals surface area contributed by atoms with E-state index in [0.717, 1.165) is 29.6 Å². The number of likely N-dealkylation sites (N-methyl/N-ethyl adjacent to an activating group) is 1. The number of likely N-dealkylation sites (tertiary alicyclic amines) is 1. The molecule has 0 aliphatic carbocycles. The summed E-state index contributed by atoms with van der Waals surface area (Å²) in [5, 5.41) is 0.784. The molecule has 0 amide bonds. The monoisotopic (exact) mass is 321 g/mol. The van der Waals surface area contributed by atoms with Crippen LogP contribution in [0.25, 0.3) is 0 Å². The van der Waals surface area contributed by atoms with Crippen molar-refractivity contribution in [1.29, 1.82) is 0 Å². The molecule has 0 bridgehead atoms. The van der Waals surface area contributed by atoms with Gasteiger partial charge < -0.3 is 9.64 Å². The van der Waals surface area contributed by atoms with Crippen LogP contribution in [-0.2, 0) is 0 Å². The number of ether oxygens (including phenoxy) is 1. The molecule has 2 heterocycles. The predicted molar refractivity (Wildman–Crippen MR) is 88.2 cm³/mol. The van der Waals surface area contributed by atoms with Gasteiger partial charge in [-0.1, -0.05) is 29.8 Å². The Morgan fingerprint density at radius 3 is 2.48 bits per heavy atom. The zero-order chi connectivity index (χ0) is 13.7. The van der Waals surface area contributed by atoms with Crippen molar-refractivity contribution >= 4 is 24.0 Å². The number of benzene rings is 2. The largest absolute Gasteiger partial charge is 0.457 e. The van der Waals surface area contributed by atoms with E-state index in [0.29, 0.717) is 11.8 Å². The fourth-order valence-electron chi connectivity index (χ4n) is 3.53. The highest BCUT2D eigenvalue weighted by molar-refractivity contribution is 6.30. The van der Waals surface area contributed by atoms with Crippen LogP contribution in [0.1, 0.15) is 23.0 Å². The summed E-state index contributed by atoms with van der Waals surface area (Å²) in [5.74, 6) is 2.87. The molecule has 2 aromatic carbocycles. The lowest BCUT2D eigenvalue weighted by atomic mass is 9.84. The lowest BCUT2D eigenvalue weighted by molar-refractivity contribution is 0.401. The summed E-state index contributed by atoms with van der Waals surface area (Å²) in [7, 11) is 2.18. The van der Waals surface area contributed by atoms with E-state index in [1.807, 2.05) is 18.2 Å². The Hall–Kier alpha value is -1.22. The second-order valence-electron chi connectivity index (χ2n) is 5.76. The maximum absolute atomic E-state index is 6.20. The third-order valence-electron chi connectivity index (χ3n) is 4.41. The van der Waals surface area contributed by atoms with Gasteiger partial charge in [0.1, 0.15) is 11.5 Å². The average molecular weight is 322 g/mol. The van der Waals surface area contributed by atoms with Gasteiger partial charge in [-0.3, -0.25) is 0 Å². The van der Waals surface area contributed by atoms with Crippen LogP contribution < -0.4 is 4.74 Å². The molecule has 2 aliphatic heterocycles. The zero-order valence-corrected chi connectivity index (χ0v) is 13.3. The fourth-order valence-corrected chi connectivity index (χ4v) is 3.71. The molecular formula is C17H17Cl2NO. The molecule has 1 fully saturated rings. The first kappa shape index (κ1) is 14.7. The summed E-state index contributed by atoms with van der Waals surface area (Å²) in [6.07, 6.45) is 0. The van der Waals surface area contributed by atoms with Crippen molar-refractivity contribution in [2.45, 2.75) is 11.8 Å². The Kier molecular flexibility index (Phi) is 3.87. The van der Waals surface area contributed by atoms with E-state index in [1.54, 1.807) is 0 Å². The molecule has 1 saturated heterocycles. The van der Waals surface area contributed by atoms with Crippen molar-refractivity contribution in [3.05, 3.63) is 58.6 Å². The van der Waals surface area contributed by atoms with Crippen LogP contribution in [-0.4, -0.2) is 25.0 Å². The van der Waals surface area contributed by atoms with E-state index in [4.69, 9.17) is 16.3 Å². The Labute approximate surface area is 136 Å². The number of hydrogen-bond donors (Lipinski definition) is 0. The standard InChI is InChI=1S/C17H16ClNO.ClH/c1-19-9-14-12-4-2-3-5-16(12)20-17-7-6-11(18)8-13(17)15(14)10-19;/h2-8,14-15H,9-10H2,1H3;1H/t14?,15-;/m1./s1. The van der Waals surface area contributed by atoms with Gasteiger partial charge in [0, 0.05) is 35.5 Å². The van der Waals surface area contributed by atoms with Crippen LogP contribution in [0, 0.1) is 0 Å². The van der Waals surface area contributed by atoms with Crippen LogP contribution in [0.3, 0.4) is 0 Å². The molecule has 0 radical (unpaired) electrons. The van der Waals surface area contributed by atoms with Crippen molar-refractivity contribution in [2.24, 2.45) is 0 Å². The minimum Gasteiger partial charge on any atom is -0.457 e. The molecule has 4 rings (SSSR count). The van der Waals surface area contributed by atoms with E-state index >= 15 is 0 Å². The van der Waals surface area contributed by atoms with Crippen molar-refractivity contribution < 1.29 is 4.74 Å². The number of nitrogens with zero attached hydrogens (tertiary/aromatic N) is 1. The minimum absolute atomic E-state index is 0. The average Bonchev–Trinajstić information content (AvgIpc) is 2.78. The Bertz CT molecular complexity index is 674. The molecule has 0 aromatic heterocycles. The van der Waals surface area contributed by atoms with E-state index in [-0.39, 0.29) is 12.4 Å². The third-order valence-corrected chi connectivity index (χ3v) is 4.65. The fraction of sp³-hybridized carbons (Fsp3) is 0.294. The Balaban J connectivity index is 0.00000132. The second-order valence-corrected chi connectivity index (χ2v) is 6.19. The molecule has 4 heteroatoms. The minimum atomic E-state index is 0. The zero-order valence-electron chi connectivity index (χ0n) is 11.8. The maximum Gasteiger partial charge on any atom is 0.131 e. The summed E-state index contributed by atoms with van der Waals surface area (Å²) in [6, 6.07) is 14.4. The van der Waals surface area contributed by atoms with Crippen LogP contribution in [0.4, 0.5) is 0 Å². The van der Waals surface area contributed by atoms with Gasteiger partial charge in [0.25, 0.3) is 0 Å². The number of rotatable bonds is 0. The maximum atomic E-state index is 6.20. The van der Waals surface area contributed by atoms with Crippen molar-refractivity contribution in [3.63, 3.8) is 0 Å². The summed E-state index contributed by atoms with van der Waals surface area (Å²) < 4.78 is 6.15. The van der Waals surface area contributed by atoms with Gasteiger partial charge in [-0.25, -0.2) is 0 Å². The first-order valence-electron chi connectivity index (χ1n) is 6.97. The van der Waals surface area contributed by atoms with Gasteiger partial charge in [-0.2, -0.15) is 0 Å². The molecule has 0 spiro atoms. The van der Waals surface area contributed by atoms with Gasteiger partial charge in [0.15, 0.2) is 0 Å². The van der Waals surface area contributed by atoms with Crippen molar-refractivity contribution in [3.8, 4) is 11.5 Å². The number of halogens is 2. The summed E-state index contributed by atoms with van der Waals surface area (Å²) in [6.45, 7) is 2.12. The molecule has 2 atom stereocenters. The number of hydrogen-bond acceptors (Lipinski definition) is 2. The lowest BCUT2D eigenvalue weighted by Gasteiger charge is -2.17. The molecule has 2 aromatic rings. The molecule has 2 nitrogen and oxygen atoms in total. The highest BCUT2D eigenvalue weighted by atomic mass is 35.5.